The Morgan fingerprint density at radius 3 is 2.39 bits per heavy atom. The van der Waals surface area contributed by atoms with Crippen LogP contribution in [0.5, 0.6) is 0 Å². The van der Waals surface area contributed by atoms with Crippen molar-refractivity contribution < 1.29 is 4.79 Å². The van der Waals surface area contributed by atoms with Crippen LogP contribution < -0.4 is 5.32 Å². The molecule has 0 aliphatic carbocycles. The van der Waals surface area contributed by atoms with Gasteiger partial charge in [-0.2, -0.15) is 0 Å². The highest BCUT2D eigenvalue weighted by Gasteiger charge is 2.13. The van der Waals surface area contributed by atoms with Crippen molar-refractivity contribution in [1.29, 1.82) is 0 Å². The van der Waals surface area contributed by atoms with Gasteiger partial charge in [0.1, 0.15) is 5.82 Å². The number of aromatic nitrogens is 3. The molecule has 0 aliphatic rings. The lowest BCUT2D eigenvalue weighted by Gasteiger charge is -2.13. The standard InChI is InChI=1S/C23H26N4O/c1-4-5-21(28)25-14-17-6-8-19(9-7-17)22-20(18-10-12-24-13-11-18)15-26-23(27-22)16(2)3/h6-13,15-16H,4-5,14H2,1-3H3,(H,25,28). The zero-order chi connectivity index (χ0) is 19.9. The largest absolute Gasteiger partial charge is 0.352 e. The third-order valence-electron chi connectivity index (χ3n) is 4.51. The van der Waals surface area contributed by atoms with E-state index < -0.39 is 0 Å². The lowest BCUT2D eigenvalue weighted by atomic mass is 10.00. The van der Waals surface area contributed by atoms with Gasteiger partial charge in [-0.3, -0.25) is 9.78 Å². The number of pyridine rings is 1. The number of nitrogens with one attached hydrogen (secondary N) is 1. The Morgan fingerprint density at radius 2 is 1.75 bits per heavy atom. The van der Waals surface area contributed by atoms with Gasteiger partial charge in [-0.25, -0.2) is 9.97 Å². The van der Waals surface area contributed by atoms with E-state index in [-0.39, 0.29) is 11.8 Å². The summed E-state index contributed by atoms with van der Waals surface area (Å²) in [6.07, 6.45) is 6.86. The summed E-state index contributed by atoms with van der Waals surface area (Å²) in [7, 11) is 0. The Morgan fingerprint density at radius 1 is 1.04 bits per heavy atom. The third-order valence-corrected chi connectivity index (χ3v) is 4.51. The number of nitrogens with zero attached hydrogens (tertiary/aromatic N) is 3. The fourth-order valence-electron chi connectivity index (χ4n) is 2.93. The van der Waals surface area contributed by atoms with Crippen LogP contribution in [0.25, 0.3) is 22.4 Å². The van der Waals surface area contributed by atoms with Gasteiger partial charge in [0, 0.05) is 48.6 Å². The minimum absolute atomic E-state index is 0.0870. The third kappa shape index (κ3) is 4.80. The molecule has 0 unspecified atom stereocenters. The summed E-state index contributed by atoms with van der Waals surface area (Å²) in [4.78, 5) is 25.2. The number of rotatable bonds is 7. The molecule has 28 heavy (non-hydrogen) atoms. The number of carbonyl (C=O) groups is 1. The molecule has 3 aromatic rings. The number of carbonyl (C=O) groups excluding carboxylic acids is 1. The van der Waals surface area contributed by atoms with Gasteiger partial charge in [0.2, 0.25) is 5.91 Å². The molecule has 0 aliphatic heterocycles. The molecule has 0 atom stereocenters. The number of benzene rings is 1. The minimum Gasteiger partial charge on any atom is -0.352 e. The quantitative estimate of drug-likeness (QED) is 0.648. The molecule has 1 amide bonds. The molecular formula is C23H26N4O. The summed E-state index contributed by atoms with van der Waals surface area (Å²) in [5.74, 6) is 1.16. The summed E-state index contributed by atoms with van der Waals surface area (Å²) in [5.41, 5.74) is 5.02. The summed E-state index contributed by atoms with van der Waals surface area (Å²) >= 11 is 0. The second-order valence-electron chi connectivity index (χ2n) is 7.10. The van der Waals surface area contributed by atoms with Gasteiger partial charge >= 0.3 is 0 Å². The highest BCUT2D eigenvalue weighted by atomic mass is 16.1. The maximum Gasteiger partial charge on any atom is 0.220 e. The van der Waals surface area contributed by atoms with Crippen molar-refractivity contribution in [1.82, 2.24) is 20.3 Å². The van der Waals surface area contributed by atoms with Gasteiger partial charge < -0.3 is 5.32 Å². The van der Waals surface area contributed by atoms with Crippen molar-refractivity contribution in [3.8, 4) is 22.4 Å². The van der Waals surface area contributed by atoms with E-state index in [1.54, 1.807) is 12.4 Å². The molecule has 0 saturated carbocycles. The fraction of sp³-hybridized carbons (Fsp3) is 0.304. The minimum atomic E-state index is 0.0870. The average molecular weight is 374 g/mol. The van der Waals surface area contributed by atoms with Gasteiger partial charge in [-0.1, -0.05) is 45.0 Å². The van der Waals surface area contributed by atoms with Gasteiger partial charge in [0.05, 0.1) is 5.69 Å². The number of amides is 1. The summed E-state index contributed by atoms with van der Waals surface area (Å²) in [6, 6.07) is 12.1. The molecule has 0 saturated heterocycles. The van der Waals surface area contributed by atoms with E-state index in [0.29, 0.717) is 13.0 Å². The Bertz CT molecular complexity index is 921. The highest BCUT2D eigenvalue weighted by molar-refractivity contribution is 5.80. The maximum absolute atomic E-state index is 11.7. The molecule has 1 N–H and O–H groups in total. The molecule has 2 heterocycles. The van der Waals surface area contributed by atoms with Gasteiger partial charge in [-0.15, -0.1) is 0 Å². The van der Waals surface area contributed by atoms with Crippen LogP contribution in [0.1, 0.15) is 50.9 Å². The lowest BCUT2D eigenvalue weighted by Crippen LogP contribution is -2.21. The van der Waals surface area contributed by atoms with Gasteiger partial charge in [-0.05, 0) is 29.7 Å². The molecule has 0 radical (unpaired) electrons. The van der Waals surface area contributed by atoms with Crippen LogP contribution in [-0.2, 0) is 11.3 Å². The second kappa shape index (κ2) is 9.22. The van der Waals surface area contributed by atoms with Crippen LogP contribution in [0.4, 0.5) is 0 Å². The van der Waals surface area contributed by atoms with E-state index in [0.717, 1.165) is 40.2 Å². The Balaban J connectivity index is 1.91. The molecule has 5 nitrogen and oxygen atoms in total. The van der Waals surface area contributed by atoms with Crippen LogP contribution in [-0.4, -0.2) is 20.9 Å². The molecular weight excluding hydrogens is 348 g/mol. The van der Waals surface area contributed by atoms with Crippen molar-refractivity contribution in [3.05, 3.63) is 66.4 Å². The first-order valence-electron chi connectivity index (χ1n) is 9.71. The molecule has 0 fully saturated rings. The van der Waals surface area contributed by atoms with E-state index in [9.17, 15) is 4.79 Å². The maximum atomic E-state index is 11.7. The predicted molar refractivity (Wildman–Crippen MR) is 112 cm³/mol. The predicted octanol–water partition coefficient (Wildman–Crippen LogP) is 4.75. The van der Waals surface area contributed by atoms with Crippen molar-refractivity contribution in [2.45, 2.75) is 46.1 Å². The van der Waals surface area contributed by atoms with Gasteiger partial charge in [0.25, 0.3) is 0 Å². The summed E-state index contributed by atoms with van der Waals surface area (Å²) in [6.45, 7) is 6.72. The lowest BCUT2D eigenvalue weighted by molar-refractivity contribution is -0.121. The van der Waals surface area contributed by atoms with Crippen molar-refractivity contribution in [2.75, 3.05) is 0 Å². The fourth-order valence-corrected chi connectivity index (χ4v) is 2.93. The van der Waals surface area contributed by atoms with E-state index in [2.05, 4.69) is 41.3 Å². The molecule has 2 aromatic heterocycles. The van der Waals surface area contributed by atoms with E-state index >= 15 is 0 Å². The zero-order valence-corrected chi connectivity index (χ0v) is 16.6. The topological polar surface area (TPSA) is 67.8 Å². The molecule has 144 valence electrons. The molecule has 3 rings (SSSR count). The first kappa shape index (κ1) is 19.7. The second-order valence-corrected chi connectivity index (χ2v) is 7.10. The molecule has 1 aromatic carbocycles. The first-order chi connectivity index (χ1) is 13.6. The van der Waals surface area contributed by atoms with E-state index in [1.165, 1.54) is 0 Å². The van der Waals surface area contributed by atoms with Crippen LogP contribution in [0.3, 0.4) is 0 Å². The molecule has 5 heteroatoms. The monoisotopic (exact) mass is 374 g/mol. The summed E-state index contributed by atoms with van der Waals surface area (Å²) < 4.78 is 0. The van der Waals surface area contributed by atoms with Crippen molar-refractivity contribution >= 4 is 5.91 Å². The average Bonchev–Trinajstić information content (AvgIpc) is 2.73. The van der Waals surface area contributed by atoms with E-state index in [1.807, 2.05) is 37.4 Å². The zero-order valence-electron chi connectivity index (χ0n) is 16.6. The number of hydrogen-bond acceptors (Lipinski definition) is 4. The van der Waals surface area contributed by atoms with E-state index in [4.69, 9.17) is 4.98 Å². The Hall–Kier alpha value is -3.08. The normalized spacial score (nSPS) is 10.9. The Kier molecular flexibility index (Phi) is 6.48. The first-order valence-corrected chi connectivity index (χ1v) is 9.71. The number of hydrogen-bond donors (Lipinski definition) is 1. The van der Waals surface area contributed by atoms with Crippen LogP contribution >= 0.6 is 0 Å². The van der Waals surface area contributed by atoms with Crippen LogP contribution in [0.15, 0.2) is 55.0 Å². The smallest absolute Gasteiger partial charge is 0.220 e. The van der Waals surface area contributed by atoms with Crippen molar-refractivity contribution in [3.63, 3.8) is 0 Å². The van der Waals surface area contributed by atoms with Crippen LogP contribution in [0.2, 0.25) is 0 Å². The molecule has 0 spiro atoms. The van der Waals surface area contributed by atoms with Crippen molar-refractivity contribution in [2.24, 2.45) is 0 Å². The molecule has 0 bridgehead atoms. The van der Waals surface area contributed by atoms with Crippen LogP contribution in [0, 0.1) is 0 Å². The SMILES string of the molecule is CCCC(=O)NCc1ccc(-c2nc(C(C)C)ncc2-c2ccncc2)cc1. The highest BCUT2D eigenvalue weighted by Crippen LogP contribution is 2.31. The van der Waals surface area contributed by atoms with Gasteiger partial charge in [0.15, 0.2) is 0 Å². The summed E-state index contributed by atoms with van der Waals surface area (Å²) in [5, 5.41) is 2.95. The Labute approximate surface area is 166 Å².